The van der Waals surface area contributed by atoms with Gasteiger partial charge in [-0.3, -0.25) is 9.36 Å². The SMILES string of the molecule is O=C(c1ccccc1-n1cnnc1)N1[C@@H]2CCC[C@H]1CC(O)C2. The first-order valence-electron chi connectivity index (χ1n) is 8.19. The normalized spacial score (nSPS) is 27.0. The van der Waals surface area contributed by atoms with Crippen LogP contribution in [-0.2, 0) is 0 Å². The minimum Gasteiger partial charge on any atom is -0.393 e. The van der Waals surface area contributed by atoms with Gasteiger partial charge in [-0.15, -0.1) is 10.2 Å². The Balaban J connectivity index is 1.70. The minimum atomic E-state index is -0.276. The molecule has 3 atom stereocenters. The van der Waals surface area contributed by atoms with Crippen molar-refractivity contribution in [2.24, 2.45) is 0 Å². The Morgan fingerprint density at radius 1 is 1.09 bits per heavy atom. The molecule has 0 radical (unpaired) electrons. The molecular formula is C17H20N4O2. The van der Waals surface area contributed by atoms with Gasteiger partial charge in [0, 0.05) is 12.1 Å². The van der Waals surface area contributed by atoms with E-state index in [4.69, 9.17) is 0 Å². The van der Waals surface area contributed by atoms with Gasteiger partial charge in [-0.05, 0) is 44.2 Å². The maximum Gasteiger partial charge on any atom is 0.256 e. The molecule has 2 aliphatic heterocycles. The lowest BCUT2D eigenvalue weighted by molar-refractivity contribution is -0.0150. The molecule has 0 spiro atoms. The van der Waals surface area contributed by atoms with Gasteiger partial charge in [0.25, 0.3) is 5.91 Å². The molecule has 1 aromatic heterocycles. The Bertz CT molecular complexity index is 686. The largest absolute Gasteiger partial charge is 0.393 e. The Kier molecular flexibility index (Phi) is 3.61. The Morgan fingerprint density at radius 3 is 2.43 bits per heavy atom. The summed E-state index contributed by atoms with van der Waals surface area (Å²) in [5, 5.41) is 17.7. The van der Waals surface area contributed by atoms with Crippen LogP contribution in [0, 0.1) is 0 Å². The summed E-state index contributed by atoms with van der Waals surface area (Å²) >= 11 is 0. The molecule has 1 N–H and O–H groups in total. The Hall–Kier alpha value is -2.21. The van der Waals surface area contributed by atoms with Gasteiger partial charge in [-0.25, -0.2) is 0 Å². The number of rotatable bonds is 2. The zero-order valence-corrected chi connectivity index (χ0v) is 12.9. The van der Waals surface area contributed by atoms with Gasteiger partial charge in [0.1, 0.15) is 12.7 Å². The maximum absolute atomic E-state index is 13.2. The first-order valence-corrected chi connectivity index (χ1v) is 8.19. The van der Waals surface area contributed by atoms with Gasteiger partial charge in [0.2, 0.25) is 0 Å². The molecule has 2 saturated heterocycles. The average molecular weight is 312 g/mol. The van der Waals surface area contributed by atoms with E-state index < -0.39 is 0 Å². The number of carbonyl (C=O) groups excluding carboxylic acids is 1. The fraction of sp³-hybridized carbons (Fsp3) is 0.471. The number of hydrogen-bond acceptors (Lipinski definition) is 4. The molecule has 1 amide bonds. The van der Waals surface area contributed by atoms with E-state index in [-0.39, 0.29) is 24.1 Å². The van der Waals surface area contributed by atoms with Crippen molar-refractivity contribution in [3.63, 3.8) is 0 Å². The van der Waals surface area contributed by atoms with Crippen LogP contribution < -0.4 is 0 Å². The Morgan fingerprint density at radius 2 is 1.74 bits per heavy atom. The highest BCUT2D eigenvalue weighted by molar-refractivity contribution is 5.98. The third-order valence-electron chi connectivity index (χ3n) is 5.02. The van der Waals surface area contributed by atoms with Crippen LogP contribution >= 0.6 is 0 Å². The molecule has 6 heteroatoms. The number of benzene rings is 1. The number of nitrogens with zero attached hydrogens (tertiary/aromatic N) is 4. The molecule has 2 aromatic rings. The second-order valence-corrected chi connectivity index (χ2v) is 6.46. The zero-order valence-electron chi connectivity index (χ0n) is 12.9. The molecule has 120 valence electrons. The summed E-state index contributed by atoms with van der Waals surface area (Å²) in [4.78, 5) is 15.2. The fourth-order valence-electron chi connectivity index (χ4n) is 4.03. The van der Waals surface area contributed by atoms with Gasteiger partial charge in [-0.2, -0.15) is 0 Å². The maximum atomic E-state index is 13.2. The van der Waals surface area contributed by atoms with Crippen LogP contribution in [0.3, 0.4) is 0 Å². The number of hydrogen-bond donors (Lipinski definition) is 1. The summed E-state index contributed by atoms with van der Waals surface area (Å²) in [5.74, 6) is 0.0518. The molecule has 1 unspecified atom stereocenters. The van der Waals surface area contributed by atoms with E-state index in [0.29, 0.717) is 18.4 Å². The number of aromatic nitrogens is 3. The van der Waals surface area contributed by atoms with Crippen molar-refractivity contribution in [2.75, 3.05) is 0 Å². The third-order valence-corrected chi connectivity index (χ3v) is 5.02. The summed E-state index contributed by atoms with van der Waals surface area (Å²) in [7, 11) is 0. The lowest BCUT2D eigenvalue weighted by Gasteiger charge is -2.48. The van der Waals surface area contributed by atoms with E-state index in [9.17, 15) is 9.90 Å². The topological polar surface area (TPSA) is 71.2 Å². The van der Waals surface area contributed by atoms with Gasteiger partial charge < -0.3 is 10.0 Å². The average Bonchev–Trinajstić information content (AvgIpc) is 3.08. The number of amides is 1. The molecular weight excluding hydrogens is 292 g/mol. The summed E-state index contributed by atoms with van der Waals surface area (Å²) in [5.41, 5.74) is 1.47. The van der Waals surface area contributed by atoms with Crippen molar-refractivity contribution in [3.05, 3.63) is 42.5 Å². The molecule has 0 aliphatic carbocycles. The number of para-hydroxylation sites is 1. The van der Waals surface area contributed by atoms with E-state index in [1.807, 2.05) is 29.2 Å². The molecule has 2 aliphatic rings. The van der Waals surface area contributed by atoms with Gasteiger partial charge in [0.05, 0.1) is 17.4 Å². The third kappa shape index (κ3) is 2.53. The number of carbonyl (C=O) groups is 1. The van der Waals surface area contributed by atoms with Crippen molar-refractivity contribution in [3.8, 4) is 5.69 Å². The van der Waals surface area contributed by atoms with Crippen LogP contribution in [-0.4, -0.2) is 48.9 Å². The first kappa shape index (κ1) is 14.4. The molecule has 1 aromatic carbocycles. The first-order chi connectivity index (χ1) is 11.2. The van der Waals surface area contributed by atoms with Crippen LogP contribution in [0.25, 0.3) is 5.69 Å². The van der Waals surface area contributed by atoms with E-state index in [1.165, 1.54) is 0 Å². The van der Waals surface area contributed by atoms with Crippen LogP contribution in [0.5, 0.6) is 0 Å². The molecule has 0 saturated carbocycles. The van der Waals surface area contributed by atoms with E-state index >= 15 is 0 Å². The van der Waals surface area contributed by atoms with Crippen LogP contribution in [0.1, 0.15) is 42.5 Å². The zero-order chi connectivity index (χ0) is 15.8. The fourth-order valence-corrected chi connectivity index (χ4v) is 4.03. The molecule has 4 rings (SSSR count). The quantitative estimate of drug-likeness (QED) is 0.917. The summed E-state index contributed by atoms with van der Waals surface area (Å²) in [6.07, 6.45) is 7.41. The van der Waals surface area contributed by atoms with Crippen LogP contribution in [0.15, 0.2) is 36.9 Å². The molecule has 2 fully saturated rings. The van der Waals surface area contributed by atoms with E-state index in [2.05, 4.69) is 10.2 Å². The van der Waals surface area contributed by atoms with E-state index in [1.54, 1.807) is 17.2 Å². The number of aliphatic hydroxyl groups excluding tert-OH is 1. The molecule has 23 heavy (non-hydrogen) atoms. The van der Waals surface area contributed by atoms with Crippen molar-refractivity contribution in [1.29, 1.82) is 0 Å². The summed E-state index contributed by atoms with van der Waals surface area (Å²) in [6, 6.07) is 7.87. The number of aliphatic hydroxyl groups is 1. The monoisotopic (exact) mass is 312 g/mol. The van der Waals surface area contributed by atoms with Crippen molar-refractivity contribution >= 4 is 5.91 Å². The van der Waals surface area contributed by atoms with Crippen molar-refractivity contribution in [2.45, 2.75) is 50.3 Å². The highest BCUT2D eigenvalue weighted by Gasteiger charge is 2.41. The van der Waals surface area contributed by atoms with E-state index in [0.717, 1.165) is 24.9 Å². The predicted molar refractivity (Wildman–Crippen MR) is 84.2 cm³/mol. The summed E-state index contributed by atoms with van der Waals surface area (Å²) < 4.78 is 1.77. The molecule has 3 heterocycles. The van der Waals surface area contributed by atoms with Crippen LogP contribution in [0.4, 0.5) is 0 Å². The lowest BCUT2D eigenvalue weighted by atomic mass is 9.82. The predicted octanol–water partition coefficient (Wildman–Crippen LogP) is 1.79. The second kappa shape index (κ2) is 5.77. The lowest BCUT2D eigenvalue weighted by Crippen LogP contribution is -2.56. The summed E-state index contributed by atoms with van der Waals surface area (Å²) in [6.45, 7) is 0. The number of fused-ring (bicyclic) bond motifs is 2. The van der Waals surface area contributed by atoms with Crippen molar-refractivity contribution < 1.29 is 9.90 Å². The molecule has 6 nitrogen and oxygen atoms in total. The highest BCUT2D eigenvalue weighted by Crippen LogP contribution is 2.35. The molecule has 2 bridgehead atoms. The Labute approximate surface area is 134 Å². The van der Waals surface area contributed by atoms with Crippen LogP contribution in [0.2, 0.25) is 0 Å². The van der Waals surface area contributed by atoms with Gasteiger partial charge >= 0.3 is 0 Å². The minimum absolute atomic E-state index is 0.0518. The second-order valence-electron chi connectivity index (χ2n) is 6.46. The highest BCUT2D eigenvalue weighted by atomic mass is 16.3. The number of piperidine rings is 2. The standard InChI is InChI=1S/C17H20N4O2/c22-14-8-12-4-3-5-13(9-14)21(12)17(23)15-6-1-2-7-16(15)20-10-18-19-11-20/h1-2,6-7,10-14,22H,3-5,8-9H2/t12-,13+,14?. The van der Waals surface area contributed by atoms with Gasteiger partial charge in [-0.1, -0.05) is 12.1 Å². The van der Waals surface area contributed by atoms with Crippen molar-refractivity contribution in [1.82, 2.24) is 19.7 Å². The smallest absolute Gasteiger partial charge is 0.256 e. The van der Waals surface area contributed by atoms with Gasteiger partial charge in [0.15, 0.2) is 0 Å².